The summed E-state index contributed by atoms with van der Waals surface area (Å²) in [6.07, 6.45) is 1.43. The number of carboxylic acids is 1. The molecule has 5 heteroatoms. The second kappa shape index (κ2) is 4.41. The highest BCUT2D eigenvalue weighted by Crippen LogP contribution is 2.26. The number of rotatable bonds is 3. The minimum Gasteiger partial charge on any atom is -0.480 e. The van der Waals surface area contributed by atoms with Gasteiger partial charge in [-0.25, -0.2) is 0 Å². The zero-order chi connectivity index (χ0) is 12.2. The number of carbonyl (C=O) groups is 1. The van der Waals surface area contributed by atoms with E-state index in [4.69, 9.17) is 15.6 Å². The topological polar surface area (TPSA) is 97.8 Å². The van der Waals surface area contributed by atoms with Crippen LogP contribution in [0.25, 0.3) is 0 Å². The minimum absolute atomic E-state index is 0.0979. The number of aliphatic carboxylic acids is 1. The van der Waals surface area contributed by atoms with E-state index in [2.05, 4.69) is 4.98 Å². The summed E-state index contributed by atoms with van der Waals surface area (Å²) in [5.41, 5.74) is -1.28. The lowest BCUT2D eigenvalue weighted by atomic mass is 9.82. The van der Waals surface area contributed by atoms with Crippen molar-refractivity contribution in [2.75, 3.05) is 0 Å². The molecule has 0 aliphatic heterocycles. The first-order valence-electron chi connectivity index (χ1n) is 4.62. The van der Waals surface area contributed by atoms with Crippen LogP contribution >= 0.6 is 0 Å². The summed E-state index contributed by atoms with van der Waals surface area (Å²) in [4.78, 5) is 15.0. The van der Waals surface area contributed by atoms with Gasteiger partial charge in [0.05, 0.1) is 23.4 Å². The van der Waals surface area contributed by atoms with Crippen LogP contribution in [-0.4, -0.2) is 16.1 Å². The molecule has 0 bridgehead atoms. The summed E-state index contributed by atoms with van der Waals surface area (Å²) in [6.45, 7) is 1.60. The van der Waals surface area contributed by atoms with Gasteiger partial charge in [-0.3, -0.25) is 9.78 Å². The van der Waals surface area contributed by atoms with Crippen LogP contribution < -0.4 is 0 Å². The van der Waals surface area contributed by atoms with Crippen molar-refractivity contribution >= 4 is 5.97 Å². The summed E-state index contributed by atoms with van der Waals surface area (Å²) in [5.74, 6) is -1.25. The average molecular weight is 215 g/mol. The lowest BCUT2D eigenvalue weighted by molar-refractivity contribution is -0.141. The van der Waals surface area contributed by atoms with E-state index in [1.165, 1.54) is 18.3 Å². The fourth-order valence-electron chi connectivity index (χ4n) is 1.36. The first kappa shape index (κ1) is 11.7. The number of hydrogen-bond donors (Lipinski definition) is 1. The molecule has 0 radical (unpaired) electrons. The summed E-state index contributed by atoms with van der Waals surface area (Å²) >= 11 is 0. The monoisotopic (exact) mass is 215 g/mol. The third kappa shape index (κ3) is 1.71. The Balaban J connectivity index is 3.40. The zero-order valence-corrected chi connectivity index (χ0v) is 8.64. The molecule has 0 saturated carbocycles. The molecule has 1 N–H and O–H groups in total. The second-order valence-electron chi connectivity index (χ2n) is 3.22. The molecule has 5 nitrogen and oxygen atoms in total. The Hall–Kier alpha value is -2.40. The molecule has 0 aromatic carbocycles. The van der Waals surface area contributed by atoms with Crippen LogP contribution in [0, 0.1) is 22.7 Å². The Bertz CT molecular complexity index is 499. The number of carboxylic acid groups (broad SMARTS) is 1. The lowest BCUT2D eigenvalue weighted by Gasteiger charge is -2.18. The fourth-order valence-corrected chi connectivity index (χ4v) is 1.36. The first-order chi connectivity index (χ1) is 7.60. The standard InChI is InChI=1S/C11H9N3O2/c1-2-11(7-13,10(15)16)9-5-8(6-12)3-4-14-9/h3-5H,2H2,1H3,(H,15,16). The molecular formula is C11H9N3O2. The molecule has 0 aliphatic carbocycles. The second-order valence-corrected chi connectivity index (χ2v) is 3.22. The van der Waals surface area contributed by atoms with E-state index < -0.39 is 11.4 Å². The lowest BCUT2D eigenvalue weighted by Crippen LogP contribution is -2.34. The highest BCUT2D eigenvalue weighted by atomic mass is 16.4. The van der Waals surface area contributed by atoms with E-state index in [9.17, 15) is 4.79 Å². The van der Waals surface area contributed by atoms with Gasteiger partial charge < -0.3 is 5.11 Å². The van der Waals surface area contributed by atoms with Gasteiger partial charge in [0, 0.05) is 6.20 Å². The molecule has 1 unspecified atom stereocenters. The predicted octanol–water partition coefficient (Wildman–Crippen LogP) is 1.21. The molecule has 0 aliphatic rings. The molecule has 1 aromatic rings. The van der Waals surface area contributed by atoms with Crippen molar-refractivity contribution in [3.8, 4) is 12.1 Å². The van der Waals surface area contributed by atoms with E-state index >= 15 is 0 Å². The van der Waals surface area contributed by atoms with E-state index in [0.717, 1.165) is 0 Å². The van der Waals surface area contributed by atoms with Crippen LogP contribution in [-0.2, 0) is 10.2 Å². The van der Waals surface area contributed by atoms with Crippen molar-refractivity contribution in [1.82, 2.24) is 4.98 Å². The van der Waals surface area contributed by atoms with Gasteiger partial charge in [-0.15, -0.1) is 0 Å². The van der Waals surface area contributed by atoms with Gasteiger partial charge >= 0.3 is 5.97 Å². The molecule has 1 atom stereocenters. The van der Waals surface area contributed by atoms with Crippen LogP contribution in [0.5, 0.6) is 0 Å². The highest BCUT2D eigenvalue weighted by Gasteiger charge is 2.40. The molecule has 0 fully saturated rings. The van der Waals surface area contributed by atoms with E-state index in [1.54, 1.807) is 13.0 Å². The maximum absolute atomic E-state index is 11.1. The van der Waals surface area contributed by atoms with Gasteiger partial charge in [0.2, 0.25) is 0 Å². The summed E-state index contributed by atoms with van der Waals surface area (Å²) in [5, 5.41) is 26.8. The number of pyridine rings is 1. The van der Waals surface area contributed by atoms with Crippen molar-refractivity contribution in [3.05, 3.63) is 29.6 Å². The molecule has 0 amide bonds. The molecule has 0 spiro atoms. The Morgan fingerprint density at radius 3 is 2.75 bits per heavy atom. The molecule has 0 saturated heterocycles. The van der Waals surface area contributed by atoms with Crippen molar-refractivity contribution in [2.24, 2.45) is 0 Å². The van der Waals surface area contributed by atoms with Crippen LogP contribution in [0.2, 0.25) is 0 Å². The van der Waals surface area contributed by atoms with Crippen LogP contribution in [0.3, 0.4) is 0 Å². The van der Waals surface area contributed by atoms with Gasteiger partial charge in [0.15, 0.2) is 5.41 Å². The number of nitrogens with zero attached hydrogens (tertiary/aromatic N) is 3. The first-order valence-corrected chi connectivity index (χ1v) is 4.62. The van der Waals surface area contributed by atoms with Gasteiger partial charge in [-0.05, 0) is 18.6 Å². The number of nitriles is 2. The van der Waals surface area contributed by atoms with Crippen molar-refractivity contribution in [1.29, 1.82) is 10.5 Å². The van der Waals surface area contributed by atoms with Crippen molar-refractivity contribution in [2.45, 2.75) is 18.8 Å². The SMILES string of the molecule is CCC(C#N)(C(=O)O)c1cc(C#N)ccn1. The Morgan fingerprint density at radius 1 is 1.62 bits per heavy atom. The summed E-state index contributed by atoms with van der Waals surface area (Å²) < 4.78 is 0. The molecule has 16 heavy (non-hydrogen) atoms. The van der Waals surface area contributed by atoms with Crippen LogP contribution in [0.15, 0.2) is 18.3 Å². The van der Waals surface area contributed by atoms with E-state index in [-0.39, 0.29) is 12.1 Å². The Kier molecular flexibility index (Phi) is 3.22. The maximum atomic E-state index is 11.1. The van der Waals surface area contributed by atoms with E-state index in [1.807, 2.05) is 6.07 Å². The van der Waals surface area contributed by atoms with Crippen molar-refractivity contribution in [3.63, 3.8) is 0 Å². The molecular weight excluding hydrogens is 206 g/mol. The highest BCUT2D eigenvalue weighted by molar-refractivity contribution is 5.84. The van der Waals surface area contributed by atoms with E-state index in [0.29, 0.717) is 5.56 Å². The summed E-state index contributed by atoms with van der Waals surface area (Å²) in [6, 6.07) is 6.44. The number of aromatic nitrogens is 1. The predicted molar refractivity (Wildman–Crippen MR) is 54.2 cm³/mol. The van der Waals surface area contributed by atoms with Gasteiger partial charge in [0.1, 0.15) is 0 Å². The van der Waals surface area contributed by atoms with Crippen molar-refractivity contribution < 1.29 is 9.90 Å². The molecule has 80 valence electrons. The third-order valence-corrected chi connectivity index (χ3v) is 2.41. The zero-order valence-electron chi connectivity index (χ0n) is 8.64. The van der Waals surface area contributed by atoms with Crippen LogP contribution in [0.1, 0.15) is 24.6 Å². The molecule has 1 heterocycles. The largest absolute Gasteiger partial charge is 0.480 e. The van der Waals surface area contributed by atoms with Gasteiger partial charge in [-0.1, -0.05) is 6.92 Å². The fraction of sp³-hybridized carbons (Fsp3) is 0.273. The average Bonchev–Trinajstić information content (AvgIpc) is 2.31. The maximum Gasteiger partial charge on any atom is 0.330 e. The van der Waals surface area contributed by atoms with Crippen LogP contribution in [0.4, 0.5) is 0 Å². The third-order valence-electron chi connectivity index (χ3n) is 2.41. The quantitative estimate of drug-likeness (QED) is 0.817. The molecule has 1 rings (SSSR count). The smallest absolute Gasteiger partial charge is 0.330 e. The normalized spacial score (nSPS) is 13.2. The molecule has 1 aromatic heterocycles. The Labute approximate surface area is 92.6 Å². The van der Waals surface area contributed by atoms with Gasteiger partial charge in [-0.2, -0.15) is 10.5 Å². The minimum atomic E-state index is -1.67. The number of hydrogen-bond acceptors (Lipinski definition) is 4. The summed E-state index contributed by atoms with van der Waals surface area (Å²) in [7, 11) is 0. The Morgan fingerprint density at radius 2 is 2.31 bits per heavy atom. The van der Waals surface area contributed by atoms with Gasteiger partial charge in [0.25, 0.3) is 0 Å².